The highest BCUT2D eigenvalue weighted by atomic mass is 16.7. The summed E-state index contributed by atoms with van der Waals surface area (Å²) in [7, 11) is 1.32. The zero-order valence-corrected chi connectivity index (χ0v) is 15.0. The van der Waals surface area contributed by atoms with E-state index in [1.807, 2.05) is 6.08 Å². The number of methoxy groups -OCH3 is 1. The first-order valence-electron chi connectivity index (χ1n) is 9.00. The lowest BCUT2D eigenvalue weighted by molar-refractivity contribution is -0.295. The van der Waals surface area contributed by atoms with Gasteiger partial charge in [-0.3, -0.25) is 4.79 Å². The van der Waals surface area contributed by atoms with Crippen molar-refractivity contribution in [3.05, 3.63) is 12.7 Å². The lowest BCUT2D eigenvalue weighted by atomic mass is 9.99. The summed E-state index contributed by atoms with van der Waals surface area (Å²) in [5, 5.41) is 29.3. The predicted molar refractivity (Wildman–Crippen MR) is 91.8 cm³/mol. The molecule has 0 aromatic carbocycles. The van der Waals surface area contributed by atoms with Crippen LogP contribution in [0.5, 0.6) is 0 Å². The molecule has 146 valence electrons. The molecule has 1 heterocycles. The third-order valence-electron chi connectivity index (χ3n) is 4.35. The minimum absolute atomic E-state index is 0.189. The maximum Gasteiger partial charge on any atom is 0.305 e. The molecule has 0 unspecified atom stereocenters. The molecule has 0 radical (unpaired) electrons. The number of carbonyl (C=O) groups is 1. The van der Waals surface area contributed by atoms with Gasteiger partial charge in [0.25, 0.3) is 0 Å². The summed E-state index contributed by atoms with van der Waals surface area (Å²) in [5.74, 6) is -0.364. The van der Waals surface area contributed by atoms with E-state index >= 15 is 0 Å². The summed E-state index contributed by atoms with van der Waals surface area (Å²) >= 11 is 0. The van der Waals surface area contributed by atoms with Gasteiger partial charge in [0, 0.05) is 13.5 Å². The molecule has 1 aliphatic rings. The highest BCUT2D eigenvalue weighted by molar-refractivity contribution is 5.69. The summed E-state index contributed by atoms with van der Waals surface area (Å²) in [6, 6.07) is 0. The van der Waals surface area contributed by atoms with E-state index < -0.39 is 30.7 Å². The fourth-order valence-corrected chi connectivity index (χ4v) is 2.76. The Morgan fingerprint density at radius 2 is 1.68 bits per heavy atom. The standard InChI is InChI=1S/C18H32O7/c1-3-4-5-6-7-8-9-10-11-14(19)24-12-13-15(20)16(21)17(22)18(23-2)25-13/h3,13,15-18,20-22H,1,4-12H2,2H3/t13-,15+,16+,17-,18-/m1/s1. The molecule has 7 nitrogen and oxygen atoms in total. The van der Waals surface area contributed by atoms with Gasteiger partial charge in [0.05, 0.1) is 0 Å². The van der Waals surface area contributed by atoms with Crippen LogP contribution in [0.1, 0.15) is 51.4 Å². The zero-order valence-electron chi connectivity index (χ0n) is 15.0. The monoisotopic (exact) mass is 360 g/mol. The summed E-state index contributed by atoms with van der Waals surface area (Å²) in [6.45, 7) is 3.50. The van der Waals surface area contributed by atoms with E-state index in [4.69, 9.17) is 14.2 Å². The summed E-state index contributed by atoms with van der Waals surface area (Å²) in [4.78, 5) is 11.7. The van der Waals surface area contributed by atoms with Gasteiger partial charge >= 0.3 is 5.97 Å². The molecule has 1 fully saturated rings. The number of ether oxygens (including phenoxy) is 3. The lowest BCUT2D eigenvalue weighted by Crippen LogP contribution is -2.59. The fourth-order valence-electron chi connectivity index (χ4n) is 2.76. The van der Waals surface area contributed by atoms with Crippen molar-refractivity contribution in [1.82, 2.24) is 0 Å². The van der Waals surface area contributed by atoms with Crippen molar-refractivity contribution in [2.24, 2.45) is 0 Å². The molecular formula is C18H32O7. The third kappa shape index (κ3) is 7.83. The van der Waals surface area contributed by atoms with E-state index in [-0.39, 0.29) is 12.6 Å². The van der Waals surface area contributed by atoms with E-state index in [0.29, 0.717) is 6.42 Å². The van der Waals surface area contributed by atoms with E-state index in [9.17, 15) is 20.1 Å². The van der Waals surface area contributed by atoms with E-state index in [1.165, 1.54) is 13.5 Å². The van der Waals surface area contributed by atoms with Gasteiger partial charge in [0.15, 0.2) is 6.29 Å². The minimum Gasteiger partial charge on any atom is -0.463 e. The molecule has 1 aliphatic heterocycles. The molecule has 25 heavy (non-hydrogen) atoms. The first kappa shape index (κ1) is 22.1. The molecule has 1 rings (SSSR count). The van der Waals surface area contributed by atoms with Crippen LogP contribution in [0.2, 0.25) is 0 Å². The number of allylic oxidation sites excluding steroid dienone is 1. The molecule has 0 aromatic heterocycles. The highest BCUT2D eigenvalue weighted by Crippen LogP contribution is 2.22. The second-order valence-electron chi connectivity index (χ2n) is 6.38. The van der Waals surface area contributed by atoms with Crippen LogP contribution in [0.4, 0.5) is 0 Å². The molecule has 0 aromatic rings. The van der Waals surface area contributed by atoms with Gasteiger partial charge in [0.2, 0.25) is 0 Å². The molecule has 5 atom stereocenters. The number of hydrogen-bond donors (Lipinski definition) is 3. The Hall–Kier alpha value is -0.990. The van der Waals surface area contributed by atoms with Gasteiger partial charge in [-0.1, -0.05) is 31.8 Å². The van der Waals surface area contributed by atoms with Crippen molar-refractivity contribution in [2.45, 2.75) is 82.1 Å². The summed E-state index contributed by atoms with van der Waals surface area (Å²) < 4.78 is 15.3. The first-order valence-corrected chi connectivity index (χ1v) is 9.00. The van der Waals surface area contributed by atoms with E-state index in [1.54, 1.807) is 0 Å². The molecule has 0 amide bonds. The van der Waals surface area contributed by atoms with Gasteiger partial charge in [-0.05, 0) is 19.3 Å². The van der Waals surface area contributed by atoms with Crippen LogP contribution in [0.3, 0.4) is 0 Å². The quantitative estimate of drug-likeness (QED) is 0.274. The minimum atomic E-state index is -1.41. The maximum atomic E-state index is 11.7. The van der Waals surface area contributed by atoms with Crippen molar-refractivity contribution in [2.75, 3.05) is 13.7 Å². The number of hydrogen-bond acceptors (Lipinski definition) is 7. The van der Waals surface area contributed by atoms with Crippen LogP contribution in [-0.2, 0) is 19.0 Å². The Morgan fingerprint density at radius 1 is 1.04 bits per heavy atom. The second-order valence-corrected chi connectivity index (χ2v) is 6.38. The van der Waals surface area contributed by atoms with Crippen LogP contribution in [0.25, 0.3) is 0 Å². The van der Waals surface area contributed by atoms with Crippen molar-refractivity contribution < 1.29 is 34.3 Å². The second kappa shape index (κ2) is 12.4. The van der Waals surface area contributed by atoms with Crippen molar-refractivity contribution in [3.63, 3.8) is 0 Å². The van der Waals surface area contributed by atoms with Gasteiger partial charge in [0.1, 0.15) is 31.0 Å². The molecular weight excluding hydrogens is 328 g/mol. The zero-order chi connectivity index (χ0) is 18.7. The molecule has 0 bridgehead atoms. The third-order valence-corrected chi connectivity index (χ3v) is 4.35. The molecule has 3 N–H and O–H groups in total. The average molecular weight is 360 g/mol. The highest BCUT2D eigenvalue weighted by Gasteiger charge is 2.44. The SMILES string of the molecule is C=CCCCCCCCCC(=O)OC[C@H]1O[C@@H](OC)[C@H](O)[C@@H](O)[C@H]1O. The van der Waals surface area contributed by atoms with Gasteiger partial charge in [-0.2, -0.15) is 0 Å². The number of rotatable bonds is 12. The number of unbranched alkanes of at least 4 members (excludes halogenated alkanes) is 6. The fraction of sp³-hybridized carbons (Fsp3) is 0.833. The van der Waals surface area contributed by atoms with Crippen molar-refractivity contribution >= 4 is 5.97 Å². The molecule has 1 saturated heterocycles. The van der Waals surface area contributed by atoms with Crippen LogP contribution >= 0.6 is 0 Å². The topological polar surface area (TPSA) is 105 Å². The van der Waals surface area contributed by atoms with Crippen LogP contribution in [0, 0.1) is 0 Å². The largest absolute Gasteiger partial charge is 0.463 e. The maximum absolute atomic E-state index is 11.7. The Kier molecular flexibility index (Phi) is 10.9. The smallest absolute Gasteiger partial charge is 0.305 e. The lowest BCUT2D eigenvalue weighted by Gasteiger charge is -2.39. The van der Waals surface area contributed by atoms with Crippen LogP contribution < -0.4 is 0 Å². The summed E-state index contributed by atoms with van der Waals surface area (Å²) in [6.07, 6.45) is 3.52. The number of carbonyl (C=O) groups excluding carboxylic acids is 1. The van der Waals surface area contributed by atoms with Gasteiger partial charge in [-0.15, -0.1) is 6.58 Å². The number of aliphatic hydroxyl groups is 3. The number of esters is 1. The Morgan fingerprint density at radius 3 is 2.32 bits per heavy atom. The van der Waals surface area contributed by atoms with Gasteiger partial charge < -0.3 is 29.5 Å². The molecule has 0 saturated carbocycles. The Balaban J connectivity index is 2.15. The molecule has 0 spiro atoms. The summed E-state index contributed by atoms with van der Waals surface area (Å²) in [5.41, 5.74) is 0. The van der Waals surface area contributed by atoms with Gasteiger partial charge in [-0.25, -0.2) is 0 Å². The van der Waals surface area contributed by atoms with E-state index in [0.717, 1.165) is 38.5 Å². The molecule has 0 aliphatic carbocycles. The predicted octanol–water partition coefficient (Wildman–Crippen LogP) is 1.29. The van der Waals surface area contributed by atoms with Crippen molar-refractivity contribution in [1.29, 1.82) is 0 Å². The average Bonchev–Trinajstić information content (AvgIpc) is 2.61. The van der Waals surface area contributed by atoms with Crippen molar-refractivity contribution in [3.8, 4) is 0 Å². The van der Waals surface area contributed by atoms with Crippen LogP contribution in [-0.4, -0.2) is 65.7 Å². The van der Waals surface area contributed by atoms with Crippen LogP contribution in [0.15, 0.2) is 12.7 Å². The Bertz CT molecular complexity index is 386. The Labute approximate surface area is 149 Å². The normalized spacial score (nSPS) is 29.4. The van der Waals surface area contributed by atoms with E-state index in [2.05, 4.69) is 6.58 Å². The first-order chi connectivity index (χ1) is 12.0. The molecule has 7 heteroatoms. The number of aliphatic hydroxyl groups excluding tert-OH is 3.